The van der Waals surface area contributed by atoms with Crippen LogP contribution in [0.25, 0.3) is 0 Å². The molecule has 0 fully saturated rings. The summed E-state index contributed by atoms with van der Waals surface area (Å²) in [4.78, 5) is 14.1. The Hall–Kier alpha value is -2.90. The van der Waals surface area contributed by atoms with Gasteiger partial charge < -0.3 is 15.8 Å². The number of hydrogen-bond acceptors (Lipinski definition) is 6. The molecule has 1 aromatic heterocycles. The average molecular weight is 278 g/mol. The highest BCUT2D eigenvalue weighted by atomic mass is 19.1. The van der Waals surface area contributed by atoms with E-state index in [1.807, 2.05) is 0 Å². The van der Waals surface area contributed by atoms with Gasteiger partial charge in [0.25, 0.3) is 0 Å². The van der Waals surface area contributed by atoms with Gasteiger partial charge in [0.1, 0.15) is 17.4 Å². The van der Waals surface area contributed by atoms with Crippen molar-refractivity contribution in [2.24, 2.45) is 0 Å². The van der Waals surface area contributed by atoms with Gasteiger partial charge in [0.05, 0.1) is 17.7 Å². The molecule has 0 spiro atoms. The number of benzene rings is 1. The Morgan fingerprint density at radius 1 is 1.40 bits per heavy atom. The number of nitrogen functional groups attached to an aromatic ring is 1. The number of halogens is 1. The van der Waals surface area contributed by atoms with E-state index in [1.54, 1.807) is 0 Å². The monoisotopic (exact) mass is 278 g/mol. The molecule has 0 bridgehead atoms. The minimum atomic E-state index is -0.632. The normalized spacial score (nSPS) is 10.1. The maximum absolute atomic E-state index is 13.7. The van der Waals surface area contributed by atoms with E-state index in [2.05, 4.69) is 10.3 Å². The molecule has 1 aromatic carbocycles. The molecule has 0 aliphatic carbocycles. The van der Waals surface area contributed by atoms with Crippen LogP contribution in [0.15, 0.2) is 30.3 Å². The van der Waals surface area contributed by atoms with Crippen molar-refractivity contribution in [3.63, 3.8) is 0 Å². The number of anilines is 3. The Bertz CT molecular complexity index is 663. The zero-order valence-electron chi connectivity index (χ0n) is 10.5. The van der Waals surface area contributed by atoms with E-state index >= 15 is 0 Å². The second-order valence-corrected chi connectivity index (χ2v) is 3.83. The summed E-state index contributed by atoms with van der Waals surface area (Å²) in [5.74, 6) is -0.242. The molecule has 0 saturated heterocycles. The third-order valence-corrected chi connectivity index (χ3v) is 2.52. The number of nitro groups is 1. The van der Waals surface area contributed by atoms with Gasteiger partial charge in [0.15, 0.2) is 0 Å². The minimum absolute atomic E-state index is 0.00514. The Morgan fingerprint density at radius 3 is 2.80 bits per heavy atom. The van der Waals surface area contributed by atoms with Gasteiger partial charge in [-0.3, -0.25) is 10.1 Å². The molecule has 0 atom stereocenters. The first-order valence-corrected chi connectivity index (χ1v) is 5.52. The van der Waals surface area contributed by atoms with Crippen molar-refractivity contribution < 1.29 is 14.1 Å². The van der Waals surface area contributed by atoms with Gasteiger partial charge in [-0.25, -0.2) is 9.37 Å². The fourth-order valence-electron chi connectivity index (χ4n) is 1.56. The van der Waals surface area contributed by atoms with Crippen molar-refractivity contribution in [3.05, 3.63) is 46.3 Å². The van der Waals surface area contributed by atoms with E-state index in [-0.39, 0.29) is 23.0 Å². The first kappa shape index (κ1) is 13.5. The topological polar surface area (TPSA) is 103 Å². The van der Waals surface area contributed by atoms with Crippen LogP contribution in [0.4, 0.5) is 27.4 Å². The lowest BCUT2D eigenvalue weighted by molar-refractivity contribution is -0.384. The van der Waals surface area contributed by atoms with Crippen LogP contribution < -0.4 is 15.8 Å². The van der Waals surface area contributed by atoms with Crippen molar-refractivity contribution in [2.45, 2.75) is 0 Å². The lowest BCUT2D eigenvalue weighted by Gasteiger charge is -2.09. The molecule has 8 heteroatoms. The molecular weight excluding hydrogens is 267 g/mol. The Kier molecular flexibility index (Phi) is 3.65. The van der Waals surface area contributed by atoms with Crippen molar-refractivity contribution in [1.82, 2.24) is 4.98 Å². The standard InChI is InChI=1S/C12H11FN4O3/c1-20-7-2-3-8(13)9(6-7)15-12-10(17(18)19)4-5-11(14)16-12/h2-6H,1H3,(H3,14,15,16). The largest absolute Gasteiger partial charge is 0.497 e. The highest BCUT2D eigenvalue weighted by Crippen LogP contribution is 2.29. The molecule has 0 radical (unpaired) electrons. The Labute approximate surface area is 113 Å². The Balaban J connectivity index is 2.43. The molecule has 0 aliphatic rings. The van der Waals surface area contributed by atoms with Crippen LogP contribution in [0.3, 0.4) is 0 Å². The smallest absolute Gasteiger partial charge is 0.311 e. The van der Waals surface area contributed by atoms with Crippen molar-refractivity contribution >= 4 is 23.0 Å². The van der Waals surface area contributed by atoms with Gasteiger partial charge in [0, 0.05) is 12.1 Å². The van der Waals surface area contributed by atoms with Crippen LogP contribution in [0.2, 0.25) is 0 Å². The maximum Gasteiger partial charge on any atom is 0.311 e. The number of hydrogen-bond donors (Lipinski definition) is 2. The molecule has 0 aliphatic heterocycles. The van der Waals surface area contributed by atoms with Crippen molar-refractivity contribution in [1.29, 1.82) is 0 Å². The van der Waals surface area contributed by atoms with E-state index in [0.29, 0.717) is 5.75 Å². The van der Waals surface area contributed by atoms with Crippen LogP contribution in [-0.2, 0) is 0 Å². The number of rotatable bonds is 4. The highest BCUT2D eigenvalue weighted by molar-refractivity contribution is 5.68. The van der Waals surface area contributed by atoms with Crippen LogP contribution in [0.1, 0.15) is 0 Å². The van der Waals surface area contributed by atoms with Gasteiger partial charge in [-0.1, -0.05) is 0 Å². The summed E-state index contributed by atoms with van der Waals surface area (Å²) in [5, 5.41) is 13.4. The number of nitrogens with one attached hydrogen (secondary N) is 1. The second kappa shape index (κ2) is 5.39. The molecule has 2 rings (SSSR count). The molecule has 0 saturated carbocycles. The van der Waals surface area contributed by atoms with Crippen molar-refractivity contribution in [3.8, 4) is 5.75 Å². The number of nitrogens with two attached hydrogens (primary N) is 1. The summed E-state index contributed by atoms with van der Waals surface area (Å²) in [7, 11) is 1.43. The molecule has 20 heavy (non-hydrogen) atoms. The molecule has 0 amide bonds. The lowest BCUT2D eigenvalue weighted by Crippen LogP contribution is -2.03. The summed E-state index contributed by atoms with van der Waals surface area (Å²) in [6.07, 6.45) is 0. The van der Waals surface area contributed by atoms with E-state index < -0.39 is 10.7 Å². The zero-order valence-corrected chi connectivity index (χ0v) is 10.5. The molecular formula is C12H11FN4O3. The van der Waals surface area contributed by atoms with E-state index in [4.69, 9.17) is 10.5 Å². The molecule has 1 heterocycles. The van der Waals surface area contributed by atoms with Gasteiger partial charge >= 0.3 is 5.69 Å². The van der Waals surface area contributed by atoms with E-state index in [9.17, 15) is 14.5 Å². The summed E-state index contributed by atoms with van der Waals surface area (Å²) < 4.78 is 18.6. The molecule has 104 valence electrons. The first-order chi connectivity index (χ1) is 9.51. The van der Waals surface area contributed by atoms with Crippen LogP contribution in [0.5, 0.6) is 5.75 Å². The quantitative estimate of drug-likeness (QED) is 0.657. The van der Waals surface area contributed by atoms with Gasteiger partial charge in [0.2, 0.25) is 5.82 Å². The maximum atomic E-state index is 13.7. The number of aromatic nitrogens is 1. The summed E-state index contributed by atoms with van der Waals surface area (Å²) in [5.41, 5.74) is 5.18. The zero-order chi connectivity index (χ0) is 14.7. The SMILES string of the molecule is COc1ccc(F)c(Nc2nc(N)ccc2[N+](=O)[O-])c1. The molecule has 2 aromatic rings. The molecule has 0 unspecified atom stereocenters. The highest BCUT2D eigenvalue weighted by Gasteiger charge is 2.17. The third-order valence-electron chi connectivity index (χ3n) is 2.52. The summed E-state index contributed by atoms with van der Waals surface area (Å²) >= 11 is 0. The average Bonchev–Trinajstić information content (AvgIpc) is 2.41. The lowest BCUT2D eigenvalue weighted by atomic mass is 10.2. The van der Waals surface area contributed by atoms with Gasteiger partial charge in [-0.15, -0.1) is 0 Å². The predicted octanol–water partition coefficient (Wildman–Crippen LogP) is 2.46. The molecule has 3 N–H and O–H groups in total. The van der Waals surface area contributed by atoms with Gasteiger partial charge in [-0.05, 0) is 18.2 Å². The number of nitrogens with zero attached hydrogens (tertiary/aromatic N) is 2. The molecule has 7 nitrogen and oxygen atoms in total. The number of methoxy groups -OCH3 is 1. The van der Waals surface area contributed by atoms with Crippen LogP contribution in [0, 0.1) is 15.9 Å². The van der Waals surface area contributed by atoms with Crippen molar-refractivity contribution in [2.75, 3.05) is 18.2 Å². The van der Waals surface area contributed by atoms with E-state index in [0.717, 1.165) is 0 Å². The summed E-state index contributed by atoms with van der Waals surface area (Å²) in [6.45, 7) is 0. The van der Waals surface area contributed by atoms with Crippen LogP contribution in [-0.4, -0.2) is 17.0 Å². The third kappa shape index (κ3) is 2.74. The minimum Gasteiger partial charge on any atom is -0.497 e. The fourth-order valence-corrected chi connectivity index (χ4v) is 1.56. The van der Waals surface area contributed by atoms with Gasteiger partial charge in [-0.2, -0.15) is 0 Å². The van der Waals surface area contributed by atoms with E-state index in [1.165, 1.54) is 37.4 Å². The van der Waals surface area contributed by atoms with Crippen LogP contribution >= 0.6 is 0 Å². The number of pyridine rings is 1. The Morgan fingerprint density at radius 2 is 2.15 bits per heavy atom. The first-order valence-electron chi connectivity index (χ1n) is 5.52. The second-order valence-electron chi connectivity index (χ2n) is 3.83. The fraction of sp³-hybridized carbons (Fsp3) is 0.0833. The predicted molar refractivity (Wildman–Crippen MR) is 71.5 cm³/mol. The summed E-state index contributed by atoms with van der Waals surface area (Å²) in [6, 6.07) is 6.47. The number of ether oxygens (including phenoxy) is 1.